The van der Waals surface area contributed by atoms with E-state index in [-0.39, 0.29) is 0 Å². The molecular weight excluding hydrogens is 813 g/mol. The topological polar surface area (TPSA) is 65.0 Å². The minimum Gasteiger partial charge on any atom is -0.436 e. The third kappa shape index (κ3) is 5.92. The fraction of sp³-hybridized carbons (Fsp3) is 0.0345. The van der Waals surface area contributed by atoms with E-state index < -0.39 is 0 Å². The summed E-state index contributed by atoms with van der Waals surface area (Å²) in [6, 6.07) is 72.4. The molecule has 0 unspecified atom stereocenters. The lowest BCUT2D eigenvalue weighted by Gasteiger charge is -2.43. The first-order valence-corrected chi connectivity index (χ1v) is 22.1. The van der Waals surface area contributed by atoms with Gasteiger partial charge in [-0.05, 0) is 126 Å². The molecule has 11 aromatic rings. The number of oxazole rings is 2. The highest BCUT2D eigenvalue weighted by Gasteiger charge is 2.36. The average molecular weight is 853 g/mol. The van der Waals surface area contributed by atoms with Gasteiger partial charge in [0, 0.05) is 30.8 Å². The van der Waals surface area contributed by atoms with Gasteiger partial charge in [-0.1, -0.05) is 97.1 Å². The van der Waals surface area contributed by atoms with E-state index in [1.54, 1.807) is 0 Å². The van der Waals surface area contributed by atoms with Crippen LogP contribution in [0.1, 0.15) is 0 Å². The summed E-state index contributed by atoms with van der Waals surface area (Å²) < 4.78 is 12.8. The van der Waals surface area contributed by atoms with Crippen molar-refractivity contribution in [3.8, 4) is 45.2 Å². The van der Waals surface area contributed by atoms with Gasteiger partial charge < -0.3 is 28.4 Å². The number of nitrogens with zero attached hydrogens (tertiary/aromatic N) is 6. The summed E-state index contributed by atoms with van der Waals surface area (Å²) in [6.07, 6.45) is 0. The summed E-state index contributed by atoms with van der Waals surface area (Å²) in [5.74, 6) is 1.15. The number of benzene rings is 9. The van der Waals surface area contributed by atoms with Crippen molar-refractivity contribution in [2.24, 2.45) is 0 Å². The quantitative estimate of drug-likeness (QED) is 0.164. The molecule has 314 valence electrons. The lowest BCUT2D eigenvalue weighted by atomic mass is 9.91. The van der Waals surface area contributed by atoms with Crippen molar-refractivity contribution in [1.82, 2.24) is 9.97 Å². The maximum absolute atomic E-state index is 6.42. The standard InChI is InChI=1S/C58H40N6O2/c1-61-45-23-5-9-27-49(45)63(50-28-10-6-24-46(50)61)53-36-41(37-17-15-19-39(33-37)57-59-43-21-3-13-31-54(43)65-57)35-42(38-18-16-20-40(34-38)58-60-44-22-4-14-32-55(44)66-58)56(53)64-51-29-11-7-25-47(51)62(2)48-26-8-12-30-52(48)64/h3-36H,1-2H3. The van der Waals surface area contributed by atoms with Crippen LogP contribution in [-0.4, -0.2) is 24.1 Å². The van der Waals surface area contributed by atoms with Gasteiger partial charge in [-0.2, -0.15) is 0 Å². The number of hydrogen-bond donors (Lipinski definition) is 0. The fourth-order valence-corrected chi connectivity index (χ4v) is 9.82. The first-order valence-electron chi connectivity index (χ1n) is 22.1. The van der Waals surface area contributed by atoms with Gasteiger partial charge in [-0.3, -0.25) is 0 Å². The molecule has 0 radical (unpaired) electrons. The first kappa shape index (κ1) is 37.7. The van der Waals surface area contributed by atoms with Crippen molar-refractivity contribution in [2.75, 3.05) is 33.7 Å². The second-order valence-corrected chi connectivity index (χ2v) is 16.8. The van der Waals surface area contributed by atoms with Gasteiger partial charge in [0.25, 0.3) is 0 Å². The molecule has 0 atom stereocenters. The van der Waals surface area contributed by atoms with E-state index in [1.165, 1.54) is 0 Å². The van der Waals surface area contributed by atoms with Crippen LogP contribution in [0.5, 0.6) is 0 Å². The molecule has 2 aliphatic rings. The van der Waals surface area contributed by atoms with E-state index in [4.69, 9.17) is 18.8 Å². The molecule has 2 aliphatic heterocycles. The third-order valence-corrected chi connectivity index (χ3v) is 12.9. The maximum atomic E-state index is 6.42. The number of rotatable bonds is 6. The molecule has 0 bridgehead atoms. The van der Waals surface area contributed by atoms with Gasteiger partial charge in [0.05, 0.1) is 56.9 Å². The van der Waals surface area contributed by atoms with Crippen molar-refractivity contribution in [3.05, 3.63) is 206 Å². The zero-order chi connectivity index (χ0) is 43.9. The van der Waals surface area contributed by atoms with Crippen molar-refractivity contribution >= 4 is 79.1 Å². The Kier molecular flexibility index (Phi) is 8.48. The van der Waals surface area contributed by atoms with Crippen LogP contribution in [0.4, 0.5) is 56.9 Å². The van der Waals surface area contributed by atoms with E-state index in [0.717, 1.165) is 112 Å². The van der Waals surface area contributed by atoms with E-state index in [9.17, 15) is 0 Å². The predicted octanol–water partition coefficient (Wildman–Crippen LogP) is 15.7. The Balaban J connectivity index is 1.14. The first-order chi connectivity index (χ1) is 32.6. The highest BCUT2D eigenvalue weighted by atomic mass is 16.4. The molecule has 8 nitrogen and oxygen atoms in total. The van der Waals surface area contributed by atoms with E-state index in [1.807, 2.05) is 48.5 Å². The van der Waals surface area contributed by atoms with Crippen LogP contribution in [-0.2, 0) is 0 Å². The van der Waals surface area contributed by atoms with Crippen LogP contribution in [0.3, 0.4) is 0 Å². The van der Waals surface area contributed by atoms with Gasteiger partial charge in [0.2, 0.25) is 11.8 Å². The molecule has 9 aromatic carbocycles. The predicted molar refractivity (Wildman–Crippen MR) is 269 cm³/mol. The normalized spacial score (nSPS) is 12.9. The van der Waals surface area contributed by atoms with E-state index in [0.29, 0.717) is 11.8 Å². The van der Waals surface area contributed by atoms with Gasteiger partial charge >= 0.3 is 0 Å². The Morgan fingerprint density at radius 3 is 1.20 bits per heavy atom. The maximum Gasteiger partial charge on any atom is 0.227 e. The molecule has 66 heavy (non-hydrogen) atoms. The Bertz CT molecular complexity index is 3540. The molecule has 0 fully saturated rings. The lowest BCUT2D eigenvalue weighted by molar-refractivity contribution is 0.619. The smallest absolute Gasteiger partial charge is 0.227 e. The Morgan fingerprint density at radius 1 is 0.318 bits per heavy atom. The molecule has 8 heteroatoms. The molecule has 4 heterocycles. The number of anilines is 10. The lowest BCUT2D eigenvalue weighted by Crippen LogP contribution is -2.28. The SMILES string of the molecule is CN1c2ccccc2N(c2cc(-c3cccc(-c4nc5ccccc5o4)c3)cc(-c3cccc(-c4nc5ccccc5o4)c3)c2N2c3ccccc3N(C)c3ccccc32)c2ccccc21. The Hall–Kier alpha value is -8.88. The second kappa shape index (κ2) is 14.9. The van der Waals surface area contributed by atoms with Crippen molar-refractivity contribution < 1.29 is 8.83 Å². The summed E-state index contributed by atoms with van der Waals surface area (Å²) in [7, 11) is 4.31. The van der Waals surface area contributed by atoms with E-state index in [2.05, 4.69) is 191 Å². The van der Waals surface area contributed by atoms with Gasteiger partial charge in [0.15, 0.2) is 11.2 Å². The van der Waals surface area contributed by atoms with Gasteiger partial charge in [-0.15, -0.1) is 0 Å². The van der Waals surface area contributed by atoms with Crippen LogP contribution in [0, 0.1) is 0 Å². The molecule has 0 saturated carbocycles. The molecular formula is C58H40N6O2. The highest BCUT2D eigenvalue weighted by molar-refractivity contribution is 6.10. The van der Waals surface area contributed by atoms with Crippen LogP contribution in [0.2, 0.25) is 0 Å². The van der Waals surface area contributed by atoms with Crippen molar-refractivity contribution in [1.29, 1.82) is 0 Å². The summed E-state index contributed by atoms with van der Waals surface area (Å²) >= 11 is 0. The van der Waals surface area contributed by atoms with E-state index >= 15 is 0 Å². The van der Waals surface area contributed by atoms with Crippen LogP contribution < -0.4 is 19.6 Å². The average Bonchev–Trinajstić information content (AvgIpc) is 4.03. The second-order valence-electron chi connectivity index (χ2n) is 16.8. The zero-order valence-electron chi connectivity index (χ0n) is 36.1. The largest absolute Gasteiger partial charge is 0.436 e. The summed E-state index contributed by atoms with van der Waals surface area (Å²) in [5.41, 5.74) is 19.7. The van der Waals surface area contributed by atoms with Gasteiger partial charge in [-0.25, -0.2) is 9.97 Å². The van der Waals surface area contributed by atoms with Crippen molar-refractivity contribution in [3.63, 3.8) is 0 Å². The zero-order valence-corrected chi connectivity index (χ0v) is 36.1. The van der Waals surface area contributed by atoms with Crippen LogP contribution in [0.15, 0.2) is 215 Å². The molecule has 0 amide bonds. The Morgan fingerprint density at radius 2 is 0.712 bits per heavy atom. The summed E-state index contributed by atoms with van der Waals surface area (Å²) in [4.78, 5) is 19.4. The molecule has 2 aromatic heterocycles. The third-order valence-electron chi connectivity index (χ3n) is 12.9. The van der Waals surface area contributed by atoms with Gasteiger partial charge in [0.1, 0.15) is 11.0 Å². The monoisotopic (exact) mass is 852 g/mol. The molecule has 0 aliphatic carbocycles. The number of fused-ring (bicyclic) bond motifs is 6. The summed E-state index contributed by atoms with van der Waals surface area (Å²) in [5, 5.41) is 0. The Labute approximate surface area is 381 Å². The molecule has 0 saturated heterocycles. The highest BCUT2D eigenvalue weighted by Crippen LogP contribution is 2.60. The minimum absolute atomic E-state index is 0.569. The van der Waals surface area contributed by atoms with Crippen LogP contribution in [0.25, 0.3) is 67.4 Å². The minimum atomic E-state index is 0.569. The number of aromatic nitrogens is 2. The summed E-state index contributed by atoms with van der Waals surface area (Å²) in [6.45, 7) is 0. The number of para-hydroxylation sites is 12. The molecule has 13 rings (SSSR count). The molecule has 0 N–H and O–H groups in total. The molecule has 0 spiro atoms. The number of hydrogen-bond acceptors (Lipinski definition) is 8. The van der Waals surface area contributed by atoms with Crippen LogP contribution >= 0.6 is 0 Å². The fourth-order valence-electron chi connectivity index (χ4n) is 9.82. The van der Waals surface area contributed by atoms with Crippen molar-refractivity contribution in [2.45, 2.75) is 0 Å².